The lowest BCUT2D eigenvalue weighted by atomic mass is 10.1. The minimum absolute atomic E-state index is 0.563. The van der Waals surface area contributed by atoms with Crippen molar-refractivity contribution in [2.24, 2.45) is 0 Å². The summed E-state index contributed by atoms with van der Waals surface area (Å²) in [4.78, 5) is 0. The maximum atomic E-state index is 3.63. The van der Waals surface area contributed by atoms with Crippen LogP contribution in [-0.4, -0.2) is 6.04 Å². The van der Waals surface area contributed by atoms with Crippen molar-refractivity contribution in [2.75, 3.05) is 5.32 Å². The molecule has 0 saturated carbocycles. The Morgan fingerprint density at radius 1 is 1.24 bits per heavy atom. The number of aryl methyl sites for hydroxylation is 1. The van der Waals surface area contributed by atoms with Crippen LogP contribution < -0.4 is 5.32 Å². The SMILES string of the molecule is CCCCCC(C)Nc1ccc(Br)cc1CC. The fourth-order valence-electron chi connectivity index (χ4n) is 2.03. The van der Waals surface area contributed by atoms with E-state index < -0.39 is 0 Å². The highest BCUT2D eigenvalue weighted by Crippen LogP contribution is 2.23. The molecule has 1 nitrogen and oxygen atoms in total. The first-order valence-electron chi connectivity index (χ1n) is 6.72. The van der Waals surface area contributed by atoms with Gasteiger partial charge in [-0.25, -0.2) is 0 Å². The lowest BCUT2D eigenvalue weighted by Crippen LogP contribution is -2.16. The molecule has 0 aromatic heterocycles. The van der Waals surface area contributed by atoms with E-state index >= 15 is 0 Å². The van der Waals surface area contributed by atoms with E-state index in [-0.39, 0.29) is 0 Å². The molecule has 1 atom stereocenters. The zero-order chi connectivity index (χ0) is 12.7. The van der Waals surface area contributed by atoms with Gasteiger partial charge >= 0.3 is 0 Å². The molecule has 0 fully saturated rings. The largest absolute Gasteiger partial charge is 0.382 e. The summed E-state index contributed by atoms with van der Waals surface area (Å²) >= 11 is 3.53. The van der Waals surface area contributed by atoms with Gasteiger partial charge < -0.3 is 5.32 Å². The first-order valence-corrected chi connectivity index (χ1v) is 7.51. The van der Waals surface area contributed by atoms with Crippen molar-refractivity contribution in [3.63, 3.8) is 0 Å². The standard InChI is InChI=1S/C15H24BrN/c1-4-6-7-8-12(3)17-15-10-9-14(16)11-13(15)5-2/h9-12,17H,4-8H2,1-3H3. The average molecular weight is 298 g/mol. The van der Waals surface area contributed by atoms with Crippen LogP contribution in [0.4, 0.5) is 5.69 Å². The zero-order valence-corrected chi connectivity index (χ0v) is 12.8. The summed E-state index contributed by atoms with van der Waals surface area (Å²) in [6.07, 6.45) is 6.29. The number of hydrogen-bond acceptors (Lipinski definition) is 1. The van der Waals surface area contributed by atoms with Crippen molar-refractivity contribution < 1.29 is 0 Å². The van der Waals surface area contributed by atoms with Crippen LogP contribution >= 0.6 is 15.9 Å². The van der Waals surface area contributed by atoms with E-state index in [2.05, 4.69) is 60.2 Å². The maximum Gasteiger partial charge on any atom is 0.0375 e. The number of nitrogens with one attached hydrogen (secondary N) is 1. The van der Waals surface area contributed by atoms with E-state index in [1.807, 2.05) is 0 Å². The maximum absolute atomic E-state index is 3.63. The fraction of sp³-hybridized carbons (Fsp3) is 0.600. The summed E-state index contributed by atoms with van der Waals surface area (Å²) in [6.45, 7) is 6.73. The molecular formula is C15H24BrN. The molecule has 0 spiro atoms. The number of benzene rings is 1. The van der Waals surface area contributed by atoms with Gasteiger partial charge in [-0.3, -0.25) is 0 Å². The second-order valence-corrected chi connectivity index (χ2v) is 5.61. The molecule has 96 valence electrons. The Kier molecular flexibility index (Phi) is 6.64. The van der Waals surface area contributed by atoms with Gasteiger partial charge in [0, 0.05) is 16.2 Å². The molecule has 0 aliphatic rings. The molecule has 17 heavy (non-hydrogen) atoms. The van der Waals surface area contributed by atoms with E-state index in [9.17, 15) is 0 Å². The van der Waals surface area contributed by atoms with Gasteiger partial charge in [0.1, 0.15) is 0 Å². The monoisotopic (exact) mass is 297 g/mol. The summed E-state index contributed by atoms with van der Waals surface area (Å²) in [5.41, 5.74) is 2.68. The van der Waals surface area contributed by atoms with Crippen molar-refractivity contribution in [3.8, 4) is 0 Å². The molecule has 0 aliphatic carbocycles. The van der Waals surface area contributed by atoms with Gasteiger partial charge in [-0.1, -0.05) is 49.0 Å². The number of rotatable bonds is 7. The molecule has 0 bridgehead atoms. The molecule has 0 amide bonds. The van der Waals surface area contributed by atoms with Gasteiger partial charge in [0.05, 0.1) is 0 Å². The van der Waals surface area contributed by atoms with Gasteiger partial charge in [0.2, 0.25) is 0 Å². The third-order valence-electron chi connectivity index (χ3n) is 3.09. The van der Waals surface area contributed by atoms with Crippen molar-refractivity contribution in [3.05, 3.63) is 28.2 Å². The van der Waals surface area contributed by atoms with E-state index in [4.69, 9.17) is 0 Å². The number of hydrogen-bond donors (Lipinski definition) is 1. The minimum Gasteiger partial charge on any atom is -0.382 e. The molecule has 1 N–H and O–H groups in total. The van der Waals surface area contributed by atoms with Gasteiger partial charge in [0.15, 0.2) is 0 Å². The third-order valence-corrected chi connectivity index (χ3v) is 3.58. The van der Waals surface area contributed by atoms with Crippen molar-refractivity contribution in [2.45, 2.75) is 58.9 Å². The molecule has 1 unspecified atom stereocenters. The second-order valence-electron chi connectivity index (χ2n) is 4.70. The predicted molar refractivity (Wildman–Crippen MR) is 80.7 cm³/mol. The highest BCUT2D eigenvalue weighted by molar-refractivity contribution is 9.10. The summed E-state index contributed by atoms with van der Waals surface area (Å²) in [5.74, 6) is 0. The lowest BCUT2D eigenvalue weighted by Gasteiger charge is -2.18. The molecule has 1 aromatic rings. The van der Waals surface area contributed by atoms with E-state index in [1.54, 1.807) is 0 Å². The molecule has 0 radical (unpaired) electrons. The van der Waals surface area contributed by atoms with Gasteiger partial charge in [-0.05, 0) is 43.5 Å². The topological polar surface area (TPSA) is 12.0 Å². The van der Waals surface area contributed by atoms with E-state index in [0.717, 1.165) is 6.42 Å². The molecule has 2 heteroatoms. The molecule has 1 aromatic carbocycles. The molecular weight excluding hydrogens is 274 g/mol. The first-order chi connectivity index (χ1) is 8.17. The van der Waals surface area contributed by atoms with Crippen LogP contribution in [0.25, 0.3) is 0 Å². The van der Waals surface area contributed by atoms with Crippen LogP contribution in [0.15, 0.2) is 22.7 Å². The Bertz CT molecular complexity index is 336. The highest BCUT2D eigenvalue weighted by atomic mass is 79.9. The molecule has 1 rings (SSSR count). The number of unbranched alkanes of at least 4 members (excludes halogenated alkanes) is 2. The van der Waals surface area contributed by atoms with E-state index in [1.165, 1.54) is 41.4 Å². The Hall–Kier alpha value is -0.500. The molecule has 0 saturated heterocycles. The Labute approximate surface area is 114 Å². The first kappa shape index (κ1) is 14.6. The minimum atomic E-state index is 0.563. The van der Waals surface area contributed by atoms with Crippen molar-refractivity contribution in [1.29, 1.82) is 0 Å². The van der Waals surface area contributed by atoms with Crippen LogP contribution in [0, 0.1) is 0 Å². The Morgan fingerprint density at radius 3 is 2.65 bits per heavy atom. The van der Waals surface area contributed by atoms with Crippen LogP contribution in [0.5, 0.6) is 0 Å². The van der Waals surface area contributed by atoms with Gasteiger partial charge in [0.25, 0.3) is 0 Å². The smallest absolute Gasteiger partial charge is 0.0375 e. The zero-order valence-electron chi connectivity index (χ0n) is 11.2. The van der Waals surface area contributed by atoms with Crippen LogP contribution in [0.1, 0.15) is 52.0 Å². The Morgan fingerprint density at radius 2 is 2.00 bits per heavy atom. The summed E-state index contributed by atoms with van der Waals surface area (Å²) in [6, 6.07) is 7.06. The molecule has 0 heterocycles. The quantitative estimate of drug-likeness (QED) is 0.665. The van der Waals surface area contributed by atoms with Crippen LogP contribution in [-0.2, 0) is 6.42 Å². The second kappa shape index (κ2) is 7.75. The van der Waals surface area contributed by atoms with E-state index in [0.29, 0.717) is 6.04 Å². The Balaban J connectivity index is 2.55. The van der Waals surface area contributed by atoms with Gasteiger partial charge in [-0.15, -0.1) is 0 Å². The number of anilines is 1. The molecule has 0 aliphatic heterocycles. The average Bonchev–Trinajstić information content (AvgIpc) is 2.32. The number of halogens is 1. The summed E-state index contributed by atoms with van der Waals surface area (Å²) in [5, 5.41) is 3.63. The van der Waals surface area contributed by atoms with Gasteiger partial charge in [-0.2, -0.15) is 0 Å². The van der Waals surface area contributed by atoms with Crippen molar-refractivity contribution >= 4 is 21.6 Å². The highest BCUT2D eigenvalue weighted by Gasteiger charge is 2.05. The lowest BCUT2D eigenvalue weighted by molar-refractivity contribution is 0.614. The van der Waals surface area contributed by atoms with Crippen LogP contribution in [0.2, 0.25) is 0 Å². The van der Waals surface area contributed by atoms with Crippen molar-refractivity contribution in [1.82, 2.24) is 0 Å². The van der Waals surface area contributed by atoms with Crippen LogP contribution in [0.3, 0.4) is 0 Å². The predicted octanol–water partition coefficient (Wildman–Crippen LogP) is 5.39. The fourth-order valence-corrected chi connectivity index (χ4v) is 2.44. The third kappa shape index (κ3) is 5.12. The normalized spacial score (nSPS) is 12.5. The summed E-state index contributed by atoms with van der Waals surface area (Å²) < 4.78 is 1.17. The summed E-state index contributed by atoms with van der Waals surface area (Å²) in [7, 11) is 0.